The standard InChI is InChI=1S/C18H16ClFN2O3/c1-10-7-8-12(19)14(15(10)20)18(25)22-13(16(23)17(21)24)9-11-5-3-2-4-6-11/h2-8,13H,9H2,1H3,(H2,21,24)(H,22,25)/t13-/m0/s1. The molecule has 5 nitrogen and oxygen atoms in total. The van der Waals surface area contributed by atoms with Gasteiger partial charge in [0, 0.05) is 6.42 Å². The van der Waals surface area contributed by atoms with Crippen LogP contribution in [-0.2, 0) is 16.0 Å². The van der Waals surface area contributed by atoms with Gasteiger partial charge in [0.05, 0.1) is 10.6 Å². The van der Waals surface area contributed by atoms with E-state index >= 15 is 0 Å². The normalized spacial score (nSPS) is 11.6. The number of hydrogen-bond donors (Lipinski definition) is 2. The molecule has 2 amide bonds. The van der Waals surface area contributed by atoms with Crippen molar-refractivity contribution in [1.82, 2.24) is 5.32 Å². The van der Waals surface area contributed by atoms with Crippen molar-refractivity contribution in [2.45, 2.75) is 19.4 Å². The van der Waals surface area contributed by atoms with Crippen LogP contribution in [0.2, 0.25) is 5.02 Å². The molecule has 130 valence electrons. The topological polar surface area (TPSA) is 89.3 Å². The Hall–Kier alpha value is -2.73. The van der Waals surface area contributed by atoms with Gasteiger partial charge in [0.2, 0.25) is 5.78 Å². The number of primary amides is 1. The molecule has 25 heavy (non-hydrogen) atoms. The van der Waals surface area contributed by atoms with Crippen LogP contribution in [0.25, 0.3) is 0 Å². The van der Waals surface area contributed by atoms with Gasteiger partial charge in [-0.25, -0.2) is 4.39 Å². The minimum Gasteiger partial charge on any atom is -0.363 e. The van der Waals surface area contributed by atoms with Crippen LogP contribution in [-0.4, -0.2) is 23.6 Å². The van der Waals surface area contributed by atoms with Crippen molar-refractivity contribution in [3.8, 4) is 0 Å². The number of ketones is 1. The molecule has 0 aliphatic rings. The number of nitrogens with one attached hydrogen (secondary N) is 1. The lowest BCUT2D eigenvalue weighted by atomic mass is 10.0. The second kappa shape index (κ2) is 7.90. The molecule has 0 spiro atoms. The quantitative estimate of drug-likeness (QED) is 0.772. The van der Waals surface area contributed by atoms with Crippen LogP contribution in [0.4, 0.5) is 4.39 Å². The van der Waals surface area contributed by atoms with E-state index in [1.165, 1.54) is 19.1 Å². The first-order valence-corrected chi connectivity index (χ1v) is 7.82. The second-order valence-corrected chi connectivity index (χ2v) is 5.90. The summed E-state index contributed by atoms with van der Waals surface area (Å²) in [5, 5.41) is 2.27. The van der Waals surface area contributed by atoms with Gasteiger partial charge in [-0.05, 0) is 24.1 Å². The molecule has 0 radical (unpaired) electrons. The number of rotatable bonds is 6. The molecule has 0 unspecified atom stereocenters. The predicted molar refractivity (Wildman–Crippen MR) is 91.7 cm³/mol. The molecule has 0 saturated carbocycles. The van der Waals surface area contributed by atoms with E-state index in [1.54, 1.807) is 30.3 Å². The summed E-state index contributed by atoms with van der Waals surface area (Å²) in [6.45, 7) is 1.48. The number of amides is 2. The monoisotopic (exact) mass is 362 g/mol. The lowest BCUT2D eigenvalue weighted by Crippen LogP contribution is -2.47. The molecule has 0 aliphatic carbocycles. The van der Waals surface area contributed by atoms with E-state index in [0.29, 0.717) is 5.56 Å². The Morgan fingerprint density at radius 3 is 2.40 bits per heavy atom. The molecule has 0 aliphatic heterocycles. The lowest BCUT2D eigenvalue weighted by Gasteiger charge is -2.17. The van der Waals surface area contributed by atoms with Crippen LogP contribution < -0.4 is 11.1 Å². The summed E-state index contributed by atoms with van der Waals surface area (Å²) in [4.78, 5) is 35.7. The molecule has 2 rings (SSSR count). The van der Waals surface area contributed by atoms with Gasteiger partial charge < -0.3 is 11.1 Å². The third-order valence-corrected chi connectivity index (χ3v) is 3.97. The number of benzene rings is 2. The van der Waals surface area contributed by atoms with Gasteiger partial charge in [-0.3, -0.25) is 14.4 Å². The number of hydrogen-bond acceptors (Lipinski definition) is 3. The molecule has 0 heterocycles. The Balaban J connectivity index is 2.30. The Bertz CT molecular complexity index is 825. The summed E-state index contributed by atoms with van der Waals surface area (Å²) in [5.41, 5.74) is 5.61. The highest BCUT2D eigenvalue weighted by Gasteiger charge is 2.28. The Kier molecular flexibility index (Phi) is 5.88. The van der Waals surface area contributed by atoms with Crippen LogP contribution in [0.1, 0.15) is 21.5 Å². The minimum absolute atomic E-state index is 0.0411. The first-order chi connectivity index (χ1) is 11.8. The van der Waals surface area contributed by atoms with Crippen LogP contribution in [0.5, 0.6) is 0 Å². The van der Waals surface area contributed by atoms with Crippen molar-refractivity contribution in [3.63, 3.8) is 0 Å². The van der Waals surface area contributed by atoms with Crippen molar-refractivity contribution in [1.29, 1.82) is 0 Å². The maximum atomic E-state index is 14.2. The second-order valence-electron chi connectivity index (χ2n) is 5.50. The minimum atomic E-state index is -1.22. The molecular weight excluding hydrogens is 347 g/mol. The third kappa shape index (κ3) is 4.42. The summed E-state index contributed by atoms with van der Waals surface area (Å²) >= 11 is 5.90. The number of carbonyl (C=O) groups excluding carboxylic acids is 3. The molecule has 0 fully saturated rings. The molecule has 2 aromatic carbocycles. The molecule has 7 heteroatoms. The van der Waals surface area contributed by atoms with E-state index in [4.69, 9.17) is 17.3 Å². The van der Waals surface area contributed by atoms with E-state index in [9.17, 15) is 18.8 Å². The summed E-state index contributed by atoms with van der Waals surface area (Å²) in [6, 6.07) is 10.3. The Labute approximate surface area is 149 Å². The molecule has 1 atom stereocenters. The van der Waals surface area contributed by atoms with E-state index in [-0.39, 0.29) is 22.6 Å². The fourth-order valence-corrected chi connectivity index (χ4v) is 2.56. The highest BCUT2D eigenvalue weighted by atomic mass is 35.5. The maximum absolute atomic E-state index is 14.2. The van der Waals surface area contributed by atoms with Gasteiger partial charge in [-0.1, -0.05) is 48.0 Å². The number of halogens is 2. The van der Waals surface area contributed by atoms with Crippen molar-refractivity contribution in [2.75, 3.05) is 0 Å². The van der Waals surface area contributed by atoms with Crippen molar-refractivity contribution < 1.29 is 18.8 Å². The number of aryl methyl sites for hydroxylation is 1. The Morgan fingerprint density at radius 1 is 1.16 bits per heavy atom. The molecule has 0 saturated heterocycles. The maximum Gasteiger partial charge on any atom is 0.287 e. The van der Waals surface area contributed by atoms with Gasteiger partial charge in [-0.15, -0.1) is 0 Å². The number of carbonyl (C=O) groups is 3. The zero-order valence-corrected chi connectivity index (χ0v) is 14.1. The van der Waals surface area contributed by atoms with Crippen molar-refractivity contribution in [2.24, 2.45) is 5.73 Å². The molecule has 0 aromatic heterocycles. The summed E-state index contributed by atoms with van der Waals surface area (Å²) in [5.74, 6) is -3.82. The van der Waals surface area contributed by atoms with E-state index < -0.39 is 29.5 Å². The van der Waals surface area contributed by atoms with Crippen molar-refractivity contribution >= 4 is 29.2 Å². The summed E-state index contributed by atoms with van der Waals surface area (Å²) in [7, 11) is 0. The third-order valence-electron chi connectivity index (χ3n) is 3.66. The SMILES string of the molecule is Cc1ccc(Cl)c(C(=O)N[C@@H](Cc2ccccc2)C(=O)C(N)=O)c1F. The Morgan fingerprint density at radius 2 is 1.80 bits per heavy atom. The fraction of sp³-hybridized carbons (Fsp3) is 0.167. The van der Waals surface area contributed by atoms with Gasteiger partial charge in [0.1, 0.15) is 11.9 Å². The molecule has 2 aromatic rings. The zero-order valence-electron chi connectivity index (χ0n) is 13.4. The van der Waals surface area contributed by atoms with Crippen LogP contribution in [0.3, 0.4) is 0 Å². The molecular formula is C18H16ClFN2O3. The van der Waals surface area contributed by atoms with Crippen molar-refractivity contribution in [3.05, 3.63) is 70.0 Å². The highest BCUT2D eigenvalue weighted by molar-refractivity contribution is 6.38. The van der Waals surface area contributed by atoms with Gasteiger partial charge in [0.15, 0.2) is 0 Å². The average Bonchev–Trinajstić information content (AvgIpc) is 2.58. The number of Topliss-reactive ketones (excluding diaryl/α,β-unsaturated/α-hetero) is 1. The largest absolute Gasteiger partial charge is 0.363 e. The summed E-state index contributed by atoms with van der Waals surface area (Å²) < 4.78 is 14.2. The number of nitrogens with two attached hydrogens (primary N) is 1. The van der Waals surface area contributed by atoms with Gasteiger partial charge >= 0.3 is 0 Å². The van der Waals surface area contributed by atoms with E-state index in [2.05, 4.69) is 5.32 Å². The average molecular weight is 363 g/mol. The predicted octanol–water partition coefficient (Wildman–Crippen LogP) is 2.18. The smallest absolute Gasteiger partial charge is 0.287 e. The first-order valence-electron chi connectivity index (χ1n) is 7.44. The first kappa shape index (κ1) is 18.6. The van der Waals surface area contributed by atoms with Gasteiger partial charge in [0.25, 0.3) is 11.8 Å². The molecule has 3 N–H and O–H groups in total. The van der Waals surface area contributed by atoms with E-state index in [1.807, 2.05) is 0 Å². The van der Waals surface area contributed by atoms with Crippen LogP contribution in [0, 0.1) is 12.7 Å². The van der Waals surface area contributed by atoms with Crippen LogP contribution >= 0.6 is 11.6 Å². The summed E-state index contributed by atoms with van der Waals surface area (Å²) in [6.07, 6.45) is 0.0411. The van der Waals surface area contributed by atoms with Crippen LogP contribution in [0.15, 0.2) is 42.5 Å². The zero-order chi connectivity index (χ0) is 18.6. The van der Waals surface area contributed by atoms with Gasteiger partial charge in [-0.2, -0.15) is 0 Å². The lowest BCUT2D eigenvalue weighted by molar-refractivity contribution is -0.137. The highest BCUT2D eigenvalue weighted by Crippen LogP contribution is 2.22. The fourth-order valence-electron chi connectivity index (χ4n) is 2.33. The molecule has 0 bridgehead atoms. The van der Waals surface area contributed by atoms with E-state index in [0.717, 1.165) is 0 Å².